The number of benzene rings is 2. The Labute approximate surface area is 147 Å². The van der Waals surface area contributed by atoms with Gasteiger partial charge in [-0.25, -0.2) is 5.43 Å². The molecule has 0 saturated heterocycles. The van der Waals surface area contributed by atoms with Crippen LogP contribution in [0, 0.1) is 0 Å². The molecule has 0 spiro atoms. The van der Waals surface area contributed by atoms with E-state index < -0.39 is 5.91 Å². The summed E-state index contributed by atoms with van der Waals surface area (Å²) in [6.07, 6.45) is 1.34. The van der Waals surface area contributed by atoms with Gasteiger partial charge in [0, 0.05) is 15.6 Å². The number of thiophene rings is 1. The third-order valence-electron chi connectivity index (χ3n) is 3.36. The summed E-state index contributed by atoms with van der Waals surface area (Å²) in [4.78, 5) is 12.6. The number of nitrogens with one attached hydrogen (secondary N) is 1. The monoisotopic (exact) mass is 360 g/mol. The molecule has 0 aliphatic rings. The molecule has 0 saturated carbocycles. The normalized spacial score (nSPS) is 11.1. The van der Waals surface area contributed by atoms with Gasteiger partial charge in [-0.3, -0.25) is 4.79 Å². The number of rotatable bonds is 4. The van der Waals surface area contributed by atoms with Gasteiger partial charge in [-0.2, -0.15) is 5.10 Å². The van der Waals surface area contributed by atoms with Crippen molar-refractivity contribution < 1.29 is 14.6 Å². The van der Waals surface area contributed by atoms with Gasteiger partial charge in [0.25, 0.3) is 5.91 Å². The van der Waals surface area contributed by atoms with Crippen LogP contribution in [0.2, 0.25) is 5.02 Å². The fourth-order valence-electron chi connectivity index (χ4n) is 2.18. The molecule has 0 aliphatic heterocycles. The van der Waals surface area contributed by atoms with Gasteiger partial charge in [-0.05, 0) is 18.2 Å². The van der Waals surface area contributed by atoms with Gasteiger partial charge >= 0.3 is 0 Å². The Bertz CT molecular complexity index is 937. The van der Waals surface area contributed by atoms with Crippen molar-refractivity contribution in [2.75, 3.05) is 7.11 Å². The minimum atomic E-state index is -0.403. The highest BCUT2D eigenvalue weighted by molar-refractivity contribution is 7.21. The number of hydrogen-bond acceptors (Lipinski definition) is 5. The van der Waals surface area contributed by atoms with Crippen LogP contribution in [0.5, 0.6) is 11.5 Å². The van der Waals surface area contributed by atoms with Crippen molar-refractivity contribution in [2.45, 2.75) is 0 Å². The molecule has 2 N–H and O–H groups in total. The zero-order valence-electron chi connectivity index (χ0n) is 12.6. The second-order valence-corrected chi connectivity index (χ2v) is 6.27. The SMILES string of the molecule is COc1cccc(/C=N/NC(=O)c2sc3ccccc3c2Cl)c1O. The maximum absolute atomic E-state index is 12.2. The number of halogens is 1. The lowest BCUT2D eigenvalue weighted by atomic mass is 10.2. The average Bonchev–Trinajstić information content (AvgIpc) is 2.94. The van der Waals surface area contributed by atoms with E-state index >= 15 is 0 Å². The van der Waals surface area contributed by atoms with Crippen molar-refractivity contribution in [3.05, 3.63) is 57.9 Å². The van der Waals surface area contributed by atoms with Crippen LogP contribution in [0.25, 0.3) is 10.1 Å². The second-order valence-electron chi connectivity index (χ2n) is 4.84. The summed E-state index contributed by atoms with van der Waals surface area (Å²) in [6, 6.07) is 12.5. The van der Waals surface area contributed by atoms with Gasteiger partial charge in [0.2, 0.25) is 0 Å². The summed E-state index contributed by atoms with van der Waals surface area (Å²) in [6.45, 7) is 0. The quantitative estimate of drug-likeness (QED) is 0.545. The number of carbonyl (C=O) groups excluding carboxylic acids is 1. The first kappa shape index (κ1) is 16.3. The number of amides is 1. The molecule has 0 unspecified atom stereocenters. The summed E-state index contributed by atoms with van der Waals surface area (Å²) in [5.41, 5.74) is 2.85. The van der Waals surface area contributed by atoms with E-state index in [1.807, 2.05) is 24.3 Å². The topological polar surface area (TPSA) is 70.9 Å². The highest BCUT2D eigenvalue weighted by Crippen LogP contribution is 2.35. The summed E-state index contributed by atoms with van der Waals surface area (Å²) in [5, 5.41) is 15.1. The average molecular weight is 361 g/mol. The lowest BCUT2D eigenvalue weighted by Crippen LogP contribution is -2.16. The molecule has 0 atom stereocenters. The Morgan fingerprint density at radius 1 is 1.29 bits per heavy atom. The molecule has 1 aromatic heterocycles. The van der Waals surface area contributed by atoms with E-state index in [1.165, 1.54) is 24.7 Å². The summed E-state index contributed by atoms with van der Waals surface area (Å²) < 4.78 is 5.95. The number of ether oxygens (including phenoxy) is 1. The van der Waals surface area contributed by atoms with E-state index in [0.29, 0.717) is 21.2 Å². The molecule has 5 nitrogen and oxygen atoms in total. The lowest BCUT2D eigenvalue weighted by molar-refractivity contribution is 0.0959. The minimum Gasteiger partial charge on any atom is -0.504 e. The van der Waals surface area contributed by atoms with E-state index in [0.717, 1.165) is 10.1 Å². The Morgan fingerprint density at radius 3 is 2.83 bits per heavy atom. The molecule has 2 aromatic carbocycles. The molecule has 0 bridgehead atoms. The number of phenolic OH excluding ortho intramolecular Hbond substituents is 1. The third-order valence-corrected chi connectivity index (χ3v) is 5.04. The van der Waals surface area contributed by atoms with Gasteiger partial charge in [0.15, 0.2) is 11.5 Å². The second kappa shape index (κ2) is 6.90. The molecule has 3 rings (SSSR count). The van der Waals surface area contributed by atoms with Crippen LogP contribution in [0.4, 0.5) is 0 Å². The molecule has 122 valence electrons. The van der Waals surface area contributed by atoms with E-state index in [2.05, 4.69) is 10.5 Å². The van der Waals surface area contributed by atoms with Crippen molar-refractivity contribution >= 4 is 45.1 Å². The van der Waals surface area contributed by atoms with Gasteiger partial charge < -0.3 is 9.84 Å². The number of methoxy groups -OCH3 is 1. The summed E-state index contributed by atoms with van der Waals surface area (Å²) >= 11 is 7.55. The number of fused-ring (bicyclic) bond motifs is 1. The fourth-order valence-corrected chi connectivity index (χ4v) is 3.59. The van der Waals surface area contributed by atoms with Crippen LogP contribution in [0.15, 0.2) is 47.6 Å². The van der Waals surface area contributed by atoms with Gasteiger partial charge in [0.1, 0.15) is 4.88 Å². The number of hydrazone groups is 1. The Hall–Kier alpha value is -2.57. The Morgan fingerprint density at radius 2 is 2.08 bits per heavy atom. The van der Waals surface area contributed by atoms with Crippen LogP contribution in [-0.4, -0.2) is 24.3 Å². The molecule has 0 radical (unpaired) electrons. The number of phenols is 1. The molecule has 0 fully saturated rings. The maximum atomic E-state index is 12.2. The van der Waals surface area contributed by atoms with Crippen LogP contribution >= 0.6 is 22.9 Å². The van der Waals surface area contributed by atoms with Gasteiger partial charge in [-0.15, -0.1) is 11.3 Å². The van der Waals surface area contributed by atoms with Gasteiger partial charge in [-0.1, -0.05) is 35.9 Å². The zero-order chi connectivity index (χ0) is 17.1. The molecule has 1 amide bonds. The summed E-state index contributed by atoms with van der Waals surface area (Å²) in [5.74, 6) is -0.115. The fraction of sp³-hybridized carbons (Fsp3) is 0.0588. The summed E-state index contributed by atoms with van der Waals surface area (Å²) in [7, 11) is 1.46. The number of aromatic hydroxyl groups is 1. The lowest BCUT2D eigenvalue weighted by Gasteiger charge is -2.04. The molecule has 0 aliphatic carbocycles. The molecule has 7 heteroatoms. The Kier molecular flexibility index (Phi) is 4.69. The largest absolute Gasteiger partial charge is 0.504 e. The molecule has 1 heterocycles. The van der Waals surface area contributed by atoms with E-state index in [4.69, 9.17) is 16.3 Å². The van der Waals surface area contributed by atoms with E-state index in [9.17, 15) is 9.90 Å². The zero-order valence-corrected chi connectivity index (χ0v) is 14.2. The van der Waals surface area contributed by atoms with Crippen molar-refractivity contribution in [1.29, 1.82) is 0 Å². The molecule has 24 heavy (non-hydrogen) atoms. The molecule has 3 aromatic rings. The number of hydrogen-bond donors (Lipinski definition) is 2. The van der Waals surface area contributed by atoms with Gasteiger partial charge in [0.05, 0.1) is 18.3 Å². The number of carbonyl (C=O) groups is 1. The number of nitrogens with zero attached hydrogens (tertiary/aromatic N) is 1. The Balaban J connectivity index is 1.79. The minimum absolute atomic E-state index is 0.0436. The maximum Gasteiger partial charge on any atom is 0.283 e. The van der Waals surface area contributed by atoms with Crippen LogP contribution < -0.4 is 10.2 Å². The molecular weight excluding hydrogens is 348 g/mol. The van der Waals surface area contributed by atoms with Crippen molar-refractivity contribution in [3.8, 4) is 11.5 Å². The van der Waals surface area contributed by atoms with Crippen molar-refractivity contribution in [3.63, 3.8) is 0 Å². The van der Waals surface area contributed by atoms with Crippen molar-refractivity contribution in [2.24, 2.45) is 5.10 Å². The third kappa shape index (κ3) is 3.06. The molecular formula is C17H13ClN2O3S. The van der Waals surface area contributed by atoms with E-state index in [1.54, 1.807) is 18.2 Å². The first-order valence-electron chi connectivity index (χ1n) is 6.98. The van der Waals surface area contributed by atoms with E-state index in [-0.39, 0.29) is 5.75 Å². The first-order valence-corrected chi connectivity index (χ1v) is 8.17. The number of para-hydroxylation sites is 1. The van der Waals surface area contributed by atoms with Crippen LogP contribution in [0.1, 0.15) is 15.2 Å². The smallest absolute Gasteiger partial charge is 0.283 e. The predicted molar refractivity (Wildman–Crippen MR) is 96.6 cm³/mol. The highest BCUT2D eigenvalue weighted by atomic mass is 35.5. The van der Waals surface area contributed by atoms with Crippen molar-refractivity contribution in [1.82, 2.24) is 5.43 Å². The standard InChI is InChI=1S/C17H13ClN2O3S/c1-23-12-7-4-5-10(15(12)21)9-19-20-17(22)16-14(18)11-6-2-3-8-13(11)24-16/h2-9,21H,1H3,(H,20,22)/b19-9+. The first-order chi connectivity index (χ1) is 11.6. The highest BCUT2D eigenvalue weighted by Gasteiger charge is 2.16. The van der Waals surface area contributed by atoms with Crippen LogP contribution in [0.3, 0.4) is 0 Å². The predicted octanol–water partition coefficient (Wildman–Crippen LogP) is 4.03. The van der Waals surface area contributed by atoms with Crippen LogP contribution in [-0.2, 0) is 0 Å².